The molecule has 0 spiro atoms. The van der Waals surface area contributed by atoms with E-state index in [1.807, 2.05) is 0 Å². The number of thioether (sulfide) groups is 1. The number of anilines is 1. The average molecular weight is 369 g/mol. The zero-order valence-corrected chi connectivity index (χ0v) is 14.2. The fourth-order valence-corrected chi connectivity index (χ4v) is 2.73. The summed E-state index contributed by atoms with van der Waals surface area (Å²) in [6.45, 7) is 1.75. The predicted molar refractivity (Wildman–Crippen MR) is 89.1 cm³/mol. The zero-order chi connectivity index (χ0) is 16.4. The number of carbonyl (C=O) groups is 1. The molecule has 0 saturated carbocycles. The lowest BCUT2D eigenvalue weighted by Gasteiger charge is -2.08. The Balaban J connectivity index is 1.64. The predicted octanol–water partition coefficient (Wildman–Crippen LogP) is 2.87. The molecular formula is C13H10Cl2N6OS. The van der Waals surface area contributed by atoms with Crippen LogP contribution in [-0.2, 0) is 4.79 Å². The van der Waals surface area contributed by atoms with Crippen molar-refractivity contribution in [3.05, 3.63) is 40.3 Å². The van der Waals surface area contributed by atoms with Gasteiger partial charge in [0.2, 0.25) is 11.1 Å². The van der Waals surface area contributed by atoms with Crippen LogP contribution in [0.25, 0.3) is 5.78 Å². The third kappa shape index (κ3) is 3.54. The molecule has 0 fully saturated rings. The summed E-state index contributed by atoms with van der Waals surface area (Å²) >= 11 is 13.2. The van der Waals surface area contributed by atoms with E-state index in [1.165, 1.54) is 18.0 Å². The fraction of sp³-hybridized carbons (Fsp3) is 0.154. The summed E-state index contributed by atoms with van der Waals surface area (Å²) in [6, 6.07) is 1.75. The highest BCUT2D eigenvalue weighted by Gasteiger charge is 2.13. The zero-order valence-electron chi connectivity index (χ0n) is 11.8. The summed E-state index contributed by atoms with van der Waals surface area (Å²) in [5.41, 5.74) is 0.666. The van der Waals surface area contributed by atoms with E-state index in [4.69, 9.17) is 23.2 Å². The Labute approximate surface area is 145 Å². The molecule has 0 aliphatic heterocycles. The minimum atomic E-state index is -0.266. The van der Waals surface area contributed by atoms with Crippen LogP contribution in [0.5, 0.6) is 0 Å². The van der Waals surface area contributed by atoms with Crippen LogP contribution in [0.1, 0.15) is 5.56 Å². The summed E-state index contributed by atoms with van der Waals surface area (Å²) < 4.78 is 1.54. The van der Waals surface area contributed by atoms with Crippen molar-refractivity contribution in [3.8, 4) is 0 Å². The van der Waals surface area contributed by atoms with Crippen LogP contribution in [0.15, 0.2) is 29.8 Å². The van der Waals surface area contributed by atoms with Crippen LogP contribution in [0.4, 0.5) is 5.82 Å². The van der Waals surface area contributed by atoms with Crippen LogP contribution in [0.3, 0.4) is 0 Å². The number of hydrogen-bond acceptors (Lipinski definition) is 6. The number of fused-ring (bicyclic) bond motifs is 1. The maximum absolute atomic E-state index is 12.0. The minimum absolute atomic E-state index is 0.122. The summed E-state index contributed by atoms with van der Waals surface area (Å²) in [5.74, 6) is 0.617. The van der Waals surface area contributed by atoms with Crippen LogP contribution in [-0.4, -0.2) is 36.2 Å². The van der Waals surface area contributed by atoms with Gasteiger partial charge in [-0.15, -0.1) is 5.10 Å². The van der Waals surface area contributed by atoms with E-state index >= 15 is 0 Å². The van der Waals surface area contributed by atoms with Gasteiger partial charge in [-0.25, -0.2) is 14.5 Å². The Morgan fingerprint density at radius 3 is 3.00 bits per heavy atom. The third-order valence-electron chi connectivity index (χ3n) is 2.89. The minimum Gasteiger partial charge on any atom is -0.309 e. The maximum atomic E-state index is 12.0. The Morgan fingerprint density at radius 1 is 1.39 bits per heavy atom. The first kappa shape index (κ1) is 16.0. The van der Waals surface area contributed by atoms with Crippen LogP contribution in [0, 0.1) is 6.92 Å². The van der Waals surface area contributed by atoms with E-state index in [1.54, 1.807) is 29.9 Å². The molecule has 3 aromatic rings. The van der Waals surface area contributed by atoms with Crippen molar-refractivity contribution >= 4 is 52.5 Å². The van der Waals surface area contributed by atoms with Gasteiger partial charge in [0, 0.05) is 18.6 Å². The molecule has 118 valence electrons. The highest BCUT2D eigenvalue weighted by Crippen LogP contribution is 2.28. The van der Waals surface area contributed by atoms with Gasteiger partial charge < -0.3 is 5.32 Å². The van der Waals surface area contributed by atoms with E-state index in [9.17, 15) is 4.79 Å². The number of amides is 1. The Hall–Kier alpha value is -1.90. The SMILES string of the molecule is Cc1c(Cl)cnc(NC(=O)CSc2nc3ncccn3n2)c1Cl. The Morgan fingerprint density at radius 2 is 2.22 bits per heavy atom. The second-order valence-corrected chi connectivity index (χ2v) is 6.22. The second kappa shape index (κ2) is 6.69. The molecule has 10 heteroatoms. The van der Waals surface area contributed by atoms with Gasteiger partial charge in [-0.1, -0.05) is 35.0 Å². The van der Waals surface area contributed by atoms with Crippen molar-refractivity contribution < 1.29 is 4.79 Å². The molecule has 0 aromatic carbocycles. The van der Waals surface area contributed by atoms with Crippen molar-refractivity contribution in [2.24, 2.45) is 0 Å². The Bertz CT molecular complexity index is 851. The van der Waals surface area contributed by atoms with Crippen molar-refractivity contribution in [2.45, 2.75) is 12.1 Å². The summed E-state index contributed by atoms with van der Waals surface area (Å²) in [5, 5.41) is 8.08. The molecule has 0 aliphatic carbocycles. The number of nitrogens with zero attached hydrogens (tertiary/aromatic N) is 5. The molecule has 0 bridgehead atoms. The monoisotopic (exact) mass is 368 g/mol. The van der Waals surface area contributed by atoms with Gasteiger partial charge >= 0.3 is 0 Å². The average Bonchev–Trinajstić information content (AvgIpc) is 2.96. The first-order chi connectivity index (χ1) is 11.0. The largest absolute Gasteiger partial charge is 0.309 e. The smallest absolute Gasteiger partial charge is 0.253 e. The van der Waals surface area contributed by atoms with Crippen molar-refractivity contribution in [1.82, 2.24) is 24.6 Å². The summed E-state index contributed by atoms with van der Waals surface area (Å²) in [7, 11) is 0. The van der Waals surface area contributed by atoms with Gasteiger partial charge in [0.1, 0.15) is 0 Å². The van der Waals surface area contributed by atoms with Crippen molar-refractivity contribution in [3.63, 3.8) is 0 Å². The lowest BCUT2D eigenvalue weighted by Crippen LogP contribution is -2.15. The lowest BCUT2D eigenvalue weighted by atomic mass is 10.3. The molecule has 3 aromatic heterocycles. The standard InChI is InChI=1S/C13H10Cl2N6OS/c1-7-8(14)5-17-11(10(7)15)18-9(22)6-23-13-19-12-16-3-2-4-21(12)20-13/h2-5H,6H2,1H3,(H,17,18,22). The first-order valence-corrected chi connectivity index (χ1v) is 8.19. The van der Waals surface area contributed by atoms with Crippen LogP contribution >= 0.6 is 35.0 Å². The van der Waals surface area contributed by atoms with Gasteiger partial charge in [0.25, 0.3) is 5.78 Å². The van der Waals surface area contributed by atoms with Gasteiger partial charge in [-0.05, 0) is 18.6 Å². The van der Waals surface area contributed by atoms with E-state index < -0.39 is 0 Å². The molecule has 0 unspecified atom stereocenters. The van der Waals surface area contributed by atoms with Gasteiger partial charge in [0.15, 0.2) is 5.82 Å². The van der Waals surface area contributed by atoms with Crippen LogP contribution < -0.4 is 5.32 Å². The second-order valence-electron chi connectivity index (χ2n) is 4.49. The van der Waals surface area contributed by atoms with E-state index in [0.29, 0.717) is 26.5 Å². The van der Waals surface area contributed by atoms with Gasteiger partial charge in [-0.2, -0.15) is 4.98 Å². The molecule has 1 N–H and O–H groups in total. The van der Waals surface area contributed by atoms with Crippen molar-refractivity contribution in [1.29, 1.82) is 0 Å². The highest BCUT2D eigenvalue weighted by molar-refractivity contribution is 7.99. The first-order valence-electron chi connectivity index (χ1n) is 6.45. The highest BCUT2D eigenvalue weighted by atomic mass is 35.5. The molecule has 3 heterocycles. The topological polar surface area (TPSA) is 85.1 Å². The molecule has 1 amide bonds. The quantitative estimate of drug-likeness (QED) is 0.712. The molecule has 0 radical (unpaired) electrons. The molecule has 0 saturated heterocycles. The number of nitrogens with one attached hydrogen (secondary N) is 1. The molecule has 3 rings (SSSR count). The van der Waals surface area contributed by atoms with E-state index in [-0.39, 0.29) is 17.5 Å². The van der Waals surface area contributed by atoms with Gasteiger partial charge in [-0.3, -0.25) is 4.79 Å². The molecule has 7 nitrogen and oxygen atoms in total. The summed E-state index contributed by atoms with van der Waals surface area (Å²) in [4.78, 5) is 24.3. The van der Waals surface area contributed by atoms with Gasteiger partial charge in [0.05, 0.1) is 15.8 Å². The number of rotatable bonds is 4. The van der Waals surface area contributed by atoms with Crippen LogP contribution in [0.2, 0.25) is 10.0 Å². The molecule has 0 atom stereocenters. The number of halogens is 2. The number of hydrogen-bond donors (Lipinski definition) is 1. The Kier molecular flexibility index (Phi) is 4.65. The number of aromatic nitrogens is 5. The van der Waals surface area contributed by atoms with E-state index in [2.05, 4.69) is 25.4 Å². The third-order valence-corrected chi connectivity index (χ3v) is 4.57. The normalized spacial score (nSPS) is 10.9. The van der Waals surface area contributed by atoms with E-state index in [0.717, 1.165) is 0 Å². The lowest BCUT2D eigenvalue weighted by molar-refractivity contribution is -0.113. The molecule has 0 aliphatic rings. The fourth-order valence-electron chi connectivity index (χ4n) is 1.72. The number of pyridine rings is 1. The maximum Gasteiger partial charge on any atom is 0.253 e. The molecule has 23 heavy (non-hydrogen) atoms. The number of carbonyl (C=O) groups excluding carboxylic acids is 1. The molecular weight excluding hydrogens is 359 g/mol. The summed E-state index contributed by atoms with van der Waals surface area (Å²) in [6.07, 6.45) is 4.81. The van der Waals surface area contributed by atoms with Crippen molar-refractivity contribution in [2.75, 3.05) is 11.1 Å².